The highest BCUT2D eigenvalue weighted by atomic mass is 31.1. The highest BCUT2D eigenvalue weighted by molar-refractivity contribution is 7.23. The lowest BCUT2D eigenvalue weighted by atomic mass is 10.0. The number of aliphatic hydroxyl groups is 1. The van der Waals surface area contributed by atoms with E-state index in [0.717, 1.165) is 0 Å². The molecule has 1 rings (SSSR count). The Labute approximate surface area is 65.7 Å². The molecule has 0 aromatic heterocycles. The summed E-state index contributed by atoms with van der Waals surface area (Å²) in [6.07, 6.45) is -0.544. The lowest BCUT2D eigenvalue weighted by Crippen LogP contribution is -2.62. The zero-order chi connectivity index (χ0) is 8.43. The van der Waals surface area contributed by atoms with Crippen molar-refractivity contribution in [3.05, 3.63) is 0 Å². The summed E-state index contributed by atoms with van der Waals surface area (Å²) in [5.41, 5.74) is 0. The summed E-state index contributed by atoms with van der Waals surface area (Å²) < 4.78 is 6.04. The normalized spacial score (nSPS) is 30.7. The van der Waals surface area contributed by atoms with Gasteiger partial charge in [0.05, 0.1) is 6.61 Å². The van der Waals surface area contributed by atoms with Gasteiger partial charge in [-0.1, -0.05) is 0 Å². The van der Waals surface area contributed by atoms with Crippen LogP contribution in [0.2, 0.25) is 0 Å². The number of carbonyl (C=O) groups excluding carboxylic acids is 1. The molecule has 11 heavy (non-hydrogen) atoms. The Hall–Kier alpha value is -0.510. The molecule has 0 aliphatic carbocycles. The molecule has 1 aliphatic heterocycles. The van der Waals surface area contributed by atoms with Crippen LogP contribution in [0.3, 0.4) is 0 Å². The number of hydrogen-bond donors (Lipinski definition) is 2. The van der Waals surface area contributed by atoms with Crippen LogP contribution in [-0.4, -0.2) is 41.5 Å². The topological polar surface area (TPSA) is 73.6 Å². The van der Waals surface area contributed by atoms with E-state index in [2.05, 4.69) is 0 Å². The quantitative estimate of drug-likeness (QED) is 0.463. The minimum Gasteiger partial charge on any atom is -0.394 e. The standard InChI is InChI=1S/C5H9N2O3P/c1-10-4-3(2-8)7(11-6)5(4)9/h3-4,6,8H,2H2,1H3/t3?,4-/m1/s1. The average molecular weight is 176 g/mol. The molecule has 2 N–H and O–H groups in total. The lowest BCUT2D eigenvalue weighted by molar-refractivity contribution is -0.160. The second-order valence-corrected chi connectivity index (χ2v) is 2.82. The molecule has 5 nitrogen and oxygen atoms in total. The Balaban J connectivity index is 2.61. The van der Waals surface area contributed by atoms with Crippen molar-refractivity contribution in [2.45, 2.75) is 12.1 Å². The molecular weight excluding hydrogens is 167 g/mol. The van der Waals surface area contributed by atoms with Gasteiger partial charge in [0.2, 0.25) is 0 Å². The van der Waals surface area contributed by atoms with E-state index in [-0.39, 0.29) is 27.1 Å². The van der Waals surface area contributed by atoms with Crippen molar-refractivity contribution in [1.82, 2.24) is 4.67 Å². The third kappa shape index (κ3) is 1.15. The van der Waals surface area contributed by atoms with Crippen LogP contribution in [0, 0.1) is 5.16 Å². The highest BCUT2D eigenvalue weighted by Crippen LogP contribution is 2.28. The number of hydrogen-bond acceptors (Lipinski definition) is 4. The number of aliphatic hydroxyl groups excluding tert-OH is 1. The summed E-state index contributed by atoms with van der Waals surface area (Å²) in [6, 6.07) is -0.327. The number of rotatable bonds is 3. The van der Waals surface area contributed by atoms with E-state index >= 15 is 0 Å². The highest BCUT2D eigenvalue weighted by Gasteiger charge is 2.47. The fourth-order valence-corrected chi connectivity index (χ4v) is 1.61. The lowest BCUT2D eigenvalue weighted by Gasteiger charge is -2.41. The molecule has 0 spiro atoms. The number of nitrogens with one attached hydrogen (secondary N) is 1. The molecule has 6 heteroatoms. The predicted molar refractivity (Wildman–Crippen MR) is 38.2 cm³/mol. The van der Waals surface area contributed by atoms with E-state index in [1.165, 1.54) is 11.8 Å². The van der Waals surface area contributed by atoms with Gasteiger partial charge in [-0.25, -0.2) is 0 Å². The summed E-state index contributed by atoms with van der Waals surface area (Å²) in [5, 5.41) is 15.6. The smallest absolute Gasteiger partial charge is 0.262 e. The van der Waals surface area contributed by atoms with Gasteiger partial charge in [-0.05, 0) is 0 Å². The Morgan fingerprint density at radius 3 is 2.91 bits per heavy atom. The molecule has 0 saturated carbocycles. The summed E-state index contributed by atoms with van der Waals surface area (Å²) in [4.78, 5) is 11.0. The average Bonchev–Trinajstić information content (AvgIpc) is 2.01. The number of nitrogens with zero attached hydrogens (tertiary/aromatic N) is 1. The van der Waals surface area contributed by atoms with Crippen molar-refractivity contribution >= 4 is 14.4 Å². The summed E-state index contributed by atoms with van der Waals surface area (Å²) >= 11 is 0. The van der Waals surface area contributed by atoms with Gasteiger partial charge in [-0.3, -0.25) is 14.6 Å². The SMILES string of the molecule is CO[C@H]1C(=O)N(P=N)C1CO. The fourth-order valence-electron chi connectivity index (χ4n) is 1.06. The molecule has 0 bridgehead atoms. The number of amides is 1. The van der Waals surface area contributed by atoms with Gasteiger partial charge in [0.1, 0.15) is 14.6 Å². The van der Waals surface area contributed by atoms with Crippen molar-refractivity contribution in [2.75, 3.05) is 13.7 Å². The van der Waals surface area contributed by atoms with E-state index in [9.17, 15) is 4.79 Å². The zero-order valence-corrected chi connectivity index (χ0v) is 6.91. The van der Waals surface area contributed by atoms with Gasteiger partial charge in [0.25, 0.3) is 5.91 Å². The Morgan fingerprint density at radius 1 is 1.91 bits per heavy atom. The van der Waals surface area contributed by atoms with Crippen LogP contribution in [0.15, 0.2) is 0 Å². The van der Waals surface area contributed by atoms with Crippen LogP contribution in [0.25, 0.3) is 0 Å². The maximum atomic E-state index is 11.0. The molecule has 1 saturated heterocycles. The Kier molecular flexibility index (Phi) is 2.54. The first-order valence-electron chi connectivity index (χ1n) is 3.10. The molecule has 0 aromatic rings. The molecule has 1 fully saturated rings. The van der Waals surface area contributed by atoms with Gasteiger partial charge in [-0.15, -0.1) is 0 Å². The van der Waals surface area contributed by atoms with E-state index in [1.807, 2.05) is 0 Å². The first-order valence-corrected chi connectivity index (χ1v) is 3.95. The molecule has 2 atom stereocenters. The second-order valence-electron chi connectivity index (χ2n) is 2.19. The van der Waals surface area contributed by atoms with Gasteiger partial charge >= 0.3 is 0 Å². The van der Waals surface area contributed by atoms with Crippen LogP contribution in [0.1, 0.15) is 0 Å². The van der Waals surface area contributed by atoms with Crippen molar-refractivity contribution in [3.8, 4) is 0 Å². The molecule has 1 amide bonds. The monoisotopic (exact) mass is 176 g/mol. The molecular formula is C5H9N2O3P. The Morgan fingerprint density at radius 2 is 2.55 bits per heavy atom. The van der Waals surface area contributed by atoms with Gasteiger partial charge in [-0.2, -0.15) is 0 Å². The van der Waals surface area contributed by atoms with E-state index in [0.29, 0.717) is 0 Å². The Bertz CT molecular complexity index is 187. The molecule has 1 aliphatic rings. The van der Waals surface area contributed by atoms with E-state index < -0.39 is 6.10 Å². The third-order valence-electron chi connectivity index (χ3n) is 1.68. The second kappa shape index (κ2) is 3.26. The molecule has 0 radical (unpaired) electrons. The summed E-state index contributed by atoms with van der Waals surface area (Å²) in [7, 11) is 1.54. The van der Waals surface area contributed by atoms with Crippen LogP contribution >= 0.6 is 8.52 Å². The molecule has 1 unspecified atom stereocenters. The minimum absolute atomic E-state index is 0.117. The van der Waals surface area contributed by atoms with Crippen molar-refractivity contribution < 1.29 is 14.6 Å². The maximum absolute atomic E-state index is 11.0. The van der Waals surface area contributed by atoms with Crippen LogP contribution < -0.4 is 0 Å². The third-order valence-corrected chi connectivity index (χ3v) is 2.39. The van der Waals surface area contributed by atoms with Crippen LogP contribution in [0.5, 0.6) is 0 Å². The van der Waals surface area contributed by atoms with Crippen molar-refractivity contribution in [2.24, 2.45) is 0 Å². The number of β-lactam (4-membered cyclic amide) rings is 1. The van der Waals surface area contributed by atoms with Crippen molar-refractivity contribution in [1.29, 1.82) is 5.16 Å². The molecule has 62 valence electrons. The number of ether oxygens (including phenoxy) is 1. The maximum Gasteiger partial charge on any atom is 0.262 e. The summed E-state index contributed by atoms with van der Waals surface area (Å²) in [5.74, 6) is -0.219. The minimum atomic E-state index is -0.544. The van der Waals surface area contributed by atoms with Gasteiger partial charge in [0, 0.05) is 7.11 Å². The number of carbonyl (C=O) groups is 1. The zero-order valence-electron chi connectivity index (χ0n) is 6.02. The first kappa shape index (κ1) is 8.59. The van der Waals surface area contributed by atoms with E-state index in [4.69, 9.17) is 15.0 Å². The van der Waals surface area contributed by atoms with Crippen LogP contribution in [0.4, 0.5) is 0 Å². The van der Waals surface area contributed by atoms with Crippen molar-refractivity contribution in [3.63, 3.8) is 0 Å². The van der Waals surface area contributed by atoms with Gasteiger partial charge < -0.3 is 9.84 Å². The first-order chi connectivity index (χ1) is 5.26. The number of methoxy groups -OCH3 is 1. The van der Waals surface area contributed by atoms with E-state index in [1.54, 1.807) is 0 Å². The fraction of sp³-hybridized carbons (Fsp3) is 0.800. The molecule has 0 aromatic carbocycles. The largest absolute Gasteiger partial charge is 0.394 e. The van der Waals surface area contributed by atoms with Crippen LogP contribution in [-0.2, 0) is 9.53 Å². The summed E-state index contributed by atoms with van der Waals surface area (Å²) in [6.45, 7) is -0.143. The van der Waals surface area contributed by atoms with Gasteiger partial charge in [0.15, 0.2) is 6.10 Å². The molecule has 1 heterocycles. The predicted octanol–water partition coefficient (Wildman–Crippen LogP) is -0.172.